The first kappa shape index (κ1) is 54.8. The molecule has 56 heavy (non-hydrogen) atoms. The fourth-order valence-corrected chi connectivity index (χ4v) is 8.04. The molecule has 0 aromatic heterocycles. The van der Waals surface area contributed by atoms with Crippen LogP contribution in [0.4, 0.5) is 0 Å². The third-order valence-electron chi connectivity index (χ3n) is 11.8. The number of rotatable bonds is 45. The summed E-state index contributed by atoms with van der Waals surface area (Å²) in [5.74, 6) is 1.22. The van der Waals surface area contributed by atoms with Gasteiger partial charge < -0.3 is 24.6 Å². The summed E-state index contributed by atoms with van der Waals surface area (Å²) in [5.41, 5.74) is 0. The Morgan fingerprint density at radius 2 is 0.804 bits per heavy atom. The van der Waals surface area contributed by atoms with E-state index in [0.717, 1.165) is 83.7 Å². The highest BCUT2D eigenvalue weighted by atomic mass is 16.5. The van der Waals surface area contributed by atoms with Crippen molar-refractivity contribution in [2.75, 3.05) is 39.5 Å². The molecule has 0 aromatic carbocycles. The van der Waals surface area contributed by atoms with Gasteiger partial charge in [-0.1, -0.05) is 175 Å². The Bertz CT molecular complexity index is 824. The molecule has 0 saturated heterocycles. The molecule has 0 bridgehead atoms. The zero-order chi connectivity index (χ0) is 41.2. The van der Waals surface area contributed by atoms with Gasteiger partial charge in [-0.15, -0.1) is 0 Å². The number of unbranched alkanes of at least 4 members (excludes halogenated alkanes) is 18. The molecule has 0 aliphatic carbocycles. The molecule has 0 fully saturated rings. The van der Waals surface area contributed by atoms with E-state index in [1.54, 1.807) is 0 Å². The van der Waals surface area contributed by atoms with Crippen LogP contribution in [0.2, 0.25) is 0 Å². The summed E-state index contributed by atoms with van der Waals surface area (Å²) in [6.07, 6.45) is 37.5. The van der Waals surface area contributed by atoms with Crippen molar-refractivity contribution < 1.29 is 29.3 Å². The fourth-order valence-electron chi connectivity index (χ4n) is 8.04. The number of aliphatic hydroxyl groups is 2. The quantitative estimate of drug-likeness (QED) is 0.0468. The number of aliphatic hydroxyl groups excluding tert-OH is 2. The van der Waals surface area contributed by atoms with E-state index in [2.05, 4.69) is 32.6 Å². The summed E-state index contributed by atoms with van der Waals surface area (Å²) in [6.45, 7) is 12.9. The van der Waals surface area contributed by atoms with E-state index in [-0.39, 0.29) is 18.5 Å². The van der Waals surface area contributed by atoms with Crippen LogP contribution >= 0.6 is 0 Å². The summed E-state index contributed by atoms with van der Waals surface area (Å²) in [4.78, 5) is 27.3. The predicted octanol–water partition coefficient (Wildman–Crippen LogP) is 13.3. The first-order valence-corrected chi connectivity index (χ1v) is 24.7. The number of hydrogen-bond donors (Lipinski definition) is 2. The minimum atomic E-state index is -0.410. The van der Waals surface area contributed by atoms with Crippen molar-refractivity contribution in [2.45, 2.75) is 252 Å². The molecule has 7 heteroatoms. The average Bonchev–Trinajstić information content (AvgIpc) is 3.18. The minimum Gasteiger partial charge on any atom is -0.466 e. The van der Waals surface area contributed by atoms with Crippen LogP contribution < -0.4 is 0 Å². The SMILES string of the molecule is CCCCCCCC(CCCCC)CCOC(=O)CCCCCCN(CCCCCO)CC(O)CCCCC(=O)OCCC(CCCCC)CCCCCCC. The van der Waals surface area contributed by atoms with E-state index in [1.165, 1.54) is 128 Å². The predicted molar refractivity (Wildman–Crippen MR) is 238 cm³/mol. The second kappa shape index (κ2) is 43.4. The summed E-state index contributed by atoms with van der Waals surface area (Å²) in [5, 5.41) is 20.1. The monoisotopic (exact) mass is 796 g/mol. The van der Waals surface area contributed by atoms with Crippen LogP contribution in [0.3, 0.4) is 0 Å². The maximum absolute atomic E-state index is 12.5. The van der Waals surface area contributed by atoms with Crippen LogP contribution in [0.15, 0.2) is 0 Å². The van der Waals surface area contributed by atoms with Crippen molar-refractivity contribution in [1.29, 1.82) is 0 Å². The van der Waals surface area contributed by atoms with Crippen LogP contribution in [0.1, 0.15) is 246 Å². The second-order valence-electron chi connectivity index (χ2n) is 17.3. The Hall–Kier alpha value is -1.18. The van der Waals surface area contributed by atoms with Gasteiger partial charge in [-0.25, -0.2) is 0 Å². The standard InChI is InChI=1S/C49H97NO6/c1-5-9-13-15-22-32-45(30-20-11-7-3)37-42-55-48(53)35-24-17-18-27-39-50(40-28-19-29-41-51)44-47(52)34-25-26-36-49(54)56-43-38-46(31-21-12-8-4)33-23-16-14-10-6-2/h45-47,51-52H,5-44H2,1-4H3. The maximum atomic E-state index is 12.5. The highest BCUT2D eigenvalue weighted by Gasteiger charge is 2.15. The molecule has 0 amide bonds. The third-order valence-corrected chi connectivity index (χ3v) is 11.8. The number of hydrogen-bond acceptors (Lipinski definition) is 7. The topological polar surface area (TPSA) is 96.3 Å². The van der Waals surface area contributed by atoms with Crippen molar-refractivity contribution in [3.63, 3.8) is 0 Å². The van der Waals surface area contributed by atoms with Gasteiger partial charge in [-0.3, -0.25) is 9.59 Å². The lowest BCUT2D eigenvalue weighted by molar-refractivity contribution is -0.145. The molecular formula is C49H97NO6. The lowest BCUT2D eigenvalue weighted by Crippen LogP contribution is -2.34. The Morgan fingerprint density at radius 1 is 0.446 bits per heavy atom. The highest BCUT2D eigenvalue weighted by Crippen LogP contribution is 2.23. The van der Waals surface area contributed by atoms with E-state index in [4.69, 9.17) is 9.47 Å². The molecule has 0 aliphatic rings. The summed E-state index contributed by atoms with van der Waals surface area (Å²) in [7, 11) is 0. The van der Waals surface area contributed by atoms with Gasteiger partial charge in [0.15, 0.2) is 0 Å². The maximum Gasteiger partial charge on any atom is 0.305 e. The van der Waals surface area contributed by atoms with Gasteiger partial charge in [-0.05, 0) is 82.7 Å². The van der Waals surface area contributed by atoms with Crippen LogP contribution in [-0.4, -0.2) is 72.6 Å². The molecule has 0 radical (unpaired) electrons. The van der Waals surface area contributed by atoms with E-state index in [9.17, 15) is 19.8 Å². The van der Waals surface area contributed by atoms with Gasteiger partial charge in [0.05, 0.1) is 19.3 Å². The normalized spacial score (nSPS) is 13.3. The number of nitrogens with zero attached hydrogens (tertiary/aromatic N) is 1. The number of esters is 2. The first-order chi connectivity index (χ1) is 27.4. The van der Waals surface area contributed by atoms with E-state index < -0.39 is 6.10 Å². The molecular weight excluding hydrogens is 699 g/mol. The minimum absolute atomic E-state index is 0.0444. The van der Waals surface area contributed by atoms with E-state index >= 15 is 0 Å². The number of ether oxygens (including phenoxy) is 2. The van der Waals surface area contributed by atoms with E-state index in [0.29, 0.717) is 50.9 Å². The van der Waals surface area contributed by atoms with Gasteiger partial charge in [0.2, 0.25) is 0 Å². The van der Waals surface area contributed by atoms with Crippen LogP contribution in [0.25, 0.3) is 0 Å². The molecule has 0 aliphatic heterocycles. The van der Waals surface area contributed by atoms with E-state index in [1.807, 2.05) is 0 Å². The molecule has 3 unspecified atom stereocenters. The Kier molecular flexibility index (Phi) is 42.5. The van der Waals surface area contributed by atoms with Crippen LogP contribution in [0.5, 0.6) is 0 Å². The van der Waals surface area contributed by atoms with Crippen LogP contribution in [0, 0.1) is 11.8 Å². The Balaban J connectivity index is 4.35. The summed E-state index contributed by atoms with van der Waals surface area (Å²) < 4.78 is 11.3. The van der Waals surface area contributed by atoms with Crippen molar-refractivity contribution in [3.05, 3.63) is 0 Å². The van der Waals surface area contributed by atoms with Crippen molar-refractivity contribution in [3.8, 4) is 0 Å². The first-order valence-electron chi connectivity index (χ1n) is 24.7. The molecule has 0 spiro atoms. The lowest BCUT2D eigenvalue weighted by atomic mass is 9.92. The zero-order valence-corrected chi connectivity index (χ0v) is 38.0. The Morgan fingerprint density at radius 3 is 1.27 bits per heavy atom. The molecule has 0 rings (SSSR count). The molecule has 0 aromatic rings. The molecule has 334 valence electrons. The van der Waals surface area contributed by atoms with Gasteiger partial charge in [0, 0.05) is 26.0 Å². The van der Waals surface area contributed by atoms with Gasteiger partial charge >= 0.3 is 11.9 Å². The lowest BCUT2D eigenvalue weighted by Gasteiger charge is -2.25. The van der Waals surface area contributed by atoms with Gasteiger partial charge in [-0.2, -0.15) is 0 Å². The van der Waals surface area contributed by atoms with Crippen molar-refractivity contribution in [2.24, 2.45) is 11.8 Å². The molecule has 3 atom stereocenters. The van der Waals surface area contributed by atoms with Crippen molar-refractivity contribution >= 4 is 11.9 Å². The molecule has 2 N–H and O–H groups in total. The molecule has 0 heterocycles. The number of carbonyl (C=O) groups excluding carboxylic acids is 2. The molecule has 7 nitrogen and oxygen atoms in total. The van der Waals surface area contributed by atoms with Crippen LogP contribution in [-0.2, 0) is 19.1 Å². The fraction of sp³-hybridized carbons (Fsp3) is 0.959. The summed E-state index contributed by atoms with van der Waals surface area (Å²) in [6, 6.07) is 0. The van der Waals surface area contributed by atoms with Gasteiger partial charge in [0.1, 0.15) is 0 Å². The smallest absolute Gasteiger partial charge is 0.305 e. The number of carbonyl (C=O) groups is 2. The van der Waals surface area contributed by atoms with Crippen molar-refractivity contribution in [1.82, 2.24) is 4.90 Å². The molecule has 0 saturated carbocycles. The third kappa shape index (κ3) is 38.3. The van der Waals surface area contributed by atoms with Gasteiger partial charge in [0.25, 0.3) is 0 Å². The zero-order valence-electron chi connectivity index (χ0n) is 38.0. The average molecular weight is 796 g/mol. The highest BCUT2D eigenvalue weighted by molar-refractivity contribution is 5.69. The largest absolute Gasteiger partial charge is 0.466 e. The second-order valence-corrected chi connectivity index (χ2v) is 17.3. The summed E-state index contributed by atoms with van der Waals surface area (Å²) >= 11 is 0. The Labute approximate surface area is 348 Å².